The van der Waals surface area contributed by atoms with Crippen molar-refractivity contribution in [2.75, 3.05) is 13.1 Å². The lowest BCUT2D eigenvalue weighted by Gasteiger charge is -2.12. The van der Waals surface area contributed by atoms with Gasteiger partial charge < -0.3 is 5.32 Å². The fourth-order valence-corrected chi connectivity index (χ4v) is 3.90. The number of thiazole rings is 1. The van der Waals surface area contributed by atoms with Crippen LogP contribution in [-0.2, 0) is 4.79 Å². The lowest BCUT2D eigenvalue weighted by molar-refractivity contribution is -0.122. The molecule has 26 heavy (non-hydrogen) atoms. The summed E-state index contributed by atoms with van der Waals surface area (Å²) in [5.41, 5.74) is 2.00. The number of thioether (sulfide) groups is 1. The number of hydrogen-bond acceptors (Lipinski definition) is 6. The molecule has 1 saturated heterocycles. The number of imide groups is 1. The highest BCUT2D eigenvalue weighted by Gasteiger charge is 2.34. The fourth-order valence-electron chi connectivity index (χ4n) is 2.34. The molecule has 1 fully saturated rings. The molecule has 6 nitrogen and oxygen atoms in total. The molecule has 0 spiro atoms. The van der Waals surface area contributed by atoms with Crippen molar-refractivity contribution in [1.29, 1.82) is 0 Å². The van der Waals surface area contributed by atoms with Gasteiger partial charge in [-0.05, 0) is 37.2 Å². The Morgan fingerprint density at radius 1 is 1.23 bits per heavy atom. The average molecular weight is 387 g/mol. The number of benzene rings is 1. The molecule has 1 N–H and O–H groups in total. The third kappa shape index (κ3) is 4.20. The summed E-state index contributed by atoms with van der Waals surface area (Å²) in [5, 5.41) is 3.19. The van der Waals surface area contributed by atoms with E-state index >= 15 is 0 Å². The third-order valence-corrected chi connectivity index (χ3v) is 5.53. The van der Waals surface area contributed by atoms with E-state index in [-0.39, 0.29) is 30.1 Å². The molecule has 1 aromatic heterocycles. The SMILES string of the molecule is Cc1ccc(/C=C2/SC(=O)N(CCNC(=O)c3cnc(C)s3)C2=O)cc1. The van der Waals surface area contributed by atoms with Crippen LogP contribution in [0.3, 0.4) is 0 Å². The van der Waals surface area contributed by atoms with Crippen molar-refractivity contribution in [3.8, 4) is 0 Å². The number of aryl methyl sites for hydroxylation is 2. The summed E-state index contributed by atoms with van der Waals surface area (Å²) in [7, 11) is 0. The Morgan fingerprint density at radius 2 is 1.96 bits per heavy atom. The summed E-state index contributed by atoms with van der Waals surface area (Å²) < 4.78 is 0. The minimum atomic E-state index is -0.330. The molecule has 134 valence electrons. The first kappa shape index (κ1) is 18.3. The molecule has 1 aliphatic rings. The summed E-state index contributed by atoms with van der Waals surface area (Å²) in [4.78, 5) is 42.6. The molecular weight excluding hydrogens is 370 g/mol. The second-order valence-electron chi connectivity index (χ2n) is 5.74. The van der Waals surface area contributed by atoms with E-state index in [1.807, 2.05) is 38.1 Å². The number of carbonyl (C=O) groups is 3. The molecule has 0 bridgehead atoms. The van der Waals surface area contributed by atoms with E-state index in [2.05, 4.69) is 10.3 Å². The lowest BCUT2D eigenvalue weighted by Crippen LogP contribution is -2.37. The van der Waals surface area contributed by atoms with E-state index in [0.29, 0.717) is 9.78 Å². The maximum Gasteiger partial charge on any atom is 0.293 e. The van der Waals surface area contributed by atoms with Gasteiger partial charge in [0.25, 0.3) is 17.1 Å². The van der Waals surface area contributed by atoms with E-state index in [1.165, 1.54) is 17.5 Å². The first-order valence-electron chi connectivity index (χ1n) is 7.97. The zero-order chi connectivity index (χ0) is 18.7. The molecular formula is C18H17N3O3S2. The summed E-state index contributed by atoms with van der Waals surface area (Å²) in [5.74, 6) is -0.582. The van der Waals surface area contributed by atoms with Crippen LogP contribution in [0.15, 0.2) is 35.4 Å². The van der Waals surface area contributed by atoms with Crippen LogP contribution in [0.1, 0.15) is 25.8 Å². The number of rotatable bonds is 5. The highest BCUT2D eigenvalue weighted by molar-refractivity contribution is 8.18. The molecule has 3 amide bonds. The standard InChI is InChI=1S/C18H17N3O3S2/c1-11-3-5-13(6-4-11)9-14-17(23)21(18(24)26-14)8-7-19-16(22)15-10-20-12(2)25-15/h3-6,9-10H,7-8H2,1-2H3,(H,19,22)/b14-9+. The number of carbonyl (C=O) groups excluding carboxylic acids is 3. The van der Waals surface area contributed by atoms with Crippen LogP contribution in [-0.4, -0.2) is 40.0 Å². The van der Waals surface area contributed by atoms with Gasteiger partial charge in [-0.1, -0.05) is 29.8 Å². The largest absolute Gasteiger partial charge is 0.349 e. The van der Waals surface area contributed by atoms with Gasteiger partial charge >= 0.3 is 0 Å². The monoisotopic (exact) mass is 387 g/mol. The highest BCUT2D eigenvalue weighted by Crippen LogP contribution is 2.31. The number of nitrogens with one attached hydrogen (secondary N) is 1. The van der Waals surface area contributed by atoms with Gasteiger partial charge in [0, 0.05) is 13.1 Å². The zero-order valence-electron chi connectivity index (χ0n) is 14.3. The smallest absolute Gasteiger partial charge is 0.293 e. The van der Waals surface area contributed by atoms with Crippen LogP contribution >= 0.6 is 23.1 Å². The van der Waals surface area contributed by atoms with E-state index < -0.39 is 0 Å². The Bertz CT molecular complexity index is 887. The molecule has 2 heterocycles. The van der Waals surface area contributed by atoms with Gasteiger partial charge in [0.1, 0.15) is 4.88 Å². The van der Waals surface area contributed by atoms with Crippen molar-refractivity contribution in [3.05, 3.63) is 56.4 Å². The number of aromatic nitrogens is 1. The van der Waals surface area contributed by atoms with Crippen molar-refractivity contribution in [2.45, 2.75) is 13.8 Å². The summed E-state index contributed by atoms with van der Waals surface area (Å²) in [6.07, 6.45) is 3.22. The molecule has 2 aromatic rings. The summed E-state index contributed by atoms with van der Waals surface area (Å²) in [6.45, 7) is 4.15. The number of nitrogens with zero attached hydrogens (tertiary/aromatic N) is 2. The topological polar surface area (TPSA) is 79.4 Å². The number of hydrogen-bond donors (Lipinski definition) is 1. The average Bonchev–Trinajstić information content (AvgIpc) is 3.15. The Morgan fingerprint density at radius 3 is 2.62 bits per heavy atom. The molecule has 8 heteroatoms. The van der Waals surface area contributed by atoms with Crippen molar-refractivity contribution in [3.63, 3.8) is 0 Å². The normalized spacial score (nSPS) is 15.8. The van der Waals surface area contributed by atoms with E-state index in [1.54, 1.807) is 6.08 Å². The minimum absolute atomic E-state index is 0.138. The van der Waals surface area contributed by atoms with Crippen LogP contribution in [0.2, 0.25) is 0 Å². The van der Waals surface area contributed by atoms with E-state index in [0.717, 1.165) is 32.8 Å². The third-order valence-electron chi connectivity index (χ3n) is 3.71. The lowest BCUT2D eigenvalue weighted by atomic mass is 10.1. The first-order chi connectivity index (χ1) is 12.4. The maximum absolute atomic E-state index is 12.4. The Hall–Kier alpha value is -2.45. The van der Waals surface area contributed by atoms with Gasteiger partial charge in [0.15, 0.2) is 0 Å². The van der Waals surface area contributed by atoms with Crippen LogP contribution < -0.4 is 5.32 Å². The van der Waals surface area contributed by atoms with Gasteiger partial charge in [0.05, 0.1) is 16.1 Å². The summed E-state index contributed by atoms with van der Waals surface area (Å²) in [6, 6.07) is 7.71. The molecule has 3 rings (SSSR count). The first-order valence-corrected chi connectivity index (χ1v) is 9.60. The molecule has 0 atom stereocenters. The molecule has 0 unspecified atom stereocenters. The van der Waals surface area contributed by atoms with Gasteiger partial charge in [-0.3, -0.25) is 19.3 Å². The Balaban J connectivity index is 1.58. The summed E-state index contributed by atoms with van der Waals surface area (Å²) >= 11 is 2.22. The highest BCUT2D eigenvalue weighted by atomic mass is 32.2. The minimum Gasteiger partial charge on any atom is -0.349 e. The molecule has 0 radical (unpaired) electrons. The second kappa shape index (κ2) is 7.84. The van der Waals surface area contributed by atoms with Gasteiger partial charge in [0.2, 0.25) is 0 Å². The van der Waals surface area contributed by atoms with Crippen LogP contribution in [0.4, 0.5) is 4.79 Å². The van der Waals surface area contributed by atoms with E-state index in [9.17, 15) is 14.4 Å². The predicted molar refractivity (Wildman–Crippen MR) is 103 cm³/mol. The van der Waals surface area contributed by atoms with Crippen LogP contribution in [0, 0.1) is 13.8 Å². The van der Waals surface area contributed by atoms with Crippen molar-refractivity contribution in [2.24, 2.45) is 0 Å². The van der Waals surface area contributed by atoms with Crippen LogP contribution in [0.25, 0.3) is 6.08 Å². The van der Waals surface area contributed by atoms with Gasteiger partial charge in [-0.25, -0.2) is 4.98 Å². The predicted octanol–water partition coefficient (Wildman–Crippen LogP) is 3.23. The van der Waals surface area contributed by atoms with Crippen molar-refractivity contribution in [1.82, 2.24) is 15.2 Å². The van der Waals surface area contributed by atoms with Crippen LogP contribution in [0.5, 0.6) is 0 Å². The Kier molecular flexibility index (Phi) is 5.53. The maximum atomic E-state index is 12.4. The van der Waals surface area contributed by atoms with Gasteiger partial charge in [-0.15, -0.1) is 11.3 Å². The molecule has 0 saturated carbocycles. The molecule has 0 aliphatic carbocycles. The Labute approximate surface area is 159 Å². The zero-order valence-corrected chi connectivity index (χ0v) is 15.9. The second-order valence-corrected chi connectivity index (χ2v) is 7.97. The van der Waals surface area contributed by atoms with Crippen molar-refractivity contribution < 1.29 is 14.4 Å². The van der Waals surface area contributed by atoms with Gasteiger partial charge in [-0.2, -0.15) is 0 Å². The van der Waals surface area contributed by atoms with Crippen molar-refractivity contribution >= 4 is 46.2 Å². The van der Waals surface area contributed by atoms with E-state index in [4.69, 9.17) is 0 Å². The fraction of sp³-hybridized carbons (Fsp3) is 0.222. The quantitative estimate of drug-likeness (QED) is 0.797. The number of amides is 3. The molecule has 1 aromatic carbocycles. The molecule has 1 aliphatic heterocycles.